The van der Waals surface area contributed by atoms with Gasteiger partial charge in [0.1, 0.15) is 4.90 Å². The second-order valence-electron chi connectivity index (χ2n) is 4.76. The third kappa shape index (κ3) is 4.13. The number of rotatable bonds is 6. The molecule has 1 atom stereocenters. The number of methoxy groups -OCH3 is 1. The summed E-state index contributed by atoms with van der Waals surface area (Å²) in [4.78, 5) is 4.01. The second kappa shape index (κ2) is 7.33. The molecule has 1 aromatic rings. The highest BCUT2D eigenvalue weighted by atomic mass is 35.5. The molecule has 0 amide bonds. The van der Waals surface area contributed by atoms with Crippen molar-refractivity contribution in [3.05, 3.63) is 24.5 Å². The lowest BCUT2D eigenvalue weighted by Gasteiger charge is -2.28. The minimum atomic E-state index is -3.51. The van der Waals surface area contributed by atoms with E-state index in [2.05, 4.69) is 15.0 Å². The molecule has 20 heavy (non-hydrogen) atoms. The number of hydrogen-bond acceptors (Lipinski definition) is 5. The summed E-state index contributed by atoms with van der Waals surface area (Å²) in [7, 11) is -1.89. The third-order valence-electron chi connectivity index (χ3n) is 3.30. The molecule has 0 aromatic carbocycles. The van der Waals surface area contributed by atoms with E-state index in [4.69, 9.17) is 4.74 Å². The molecule has 8 heteroatoms. The van der Waals surface area contributed by atoms with Crippen molar-refractivity contribution in [1.82, 2.24) is 15.0 Å². The summed E-state index contributed by atoms with van der Waals surface area (Å²) in [5.74, 6) is 0. The van der Waals surface area contributed by atoms with Crippen LogP contribution in [0.25, 0.3) is 0 Å². The van der Waals surface area contributed by atoms with E-state index in [1.165, 1.54) is 12.3 Å². The summed E-state index contributed by atoms with van der Waals surface area (Å²) < 4.78 is 32.1. The first-order valence-corrected chi connectivity index (χ1v) is 7.70. The van der Waals surface area contributed by atoms with Crippen LogP contribution < -0.4 is 10.0 Å². The first-order valence-electron chi connectivity index (χ1n) is 6.22. The highest BCUT2D eigenvalue weighted by Crippen LogP contribution is 2.19. The monoisotopic (exact) mass is 321 g/mol. The predicted octanol–water partition coefficient (Wildman–Crippen LogP) is 0.550. The van der Waals surface area contributed by atoms with Gasteiger partial charge in [-0.25, -0.2) is 13.1 Å². The number of ether oxygens (including phenoxy) is 1. The van der Waals surface area contributed by atoms with E-state index in [1.54, 1.807) is 19.4 Å². The van der Waals surface area contributed by atoms with Crippen LogP contribution in [0.3, 0.4) is 0 Å². The molecule has 0 spiro atoms. The van der Waals surface area contributed by atoms with Crippen LogP contribution in [0.1, 0.15) is 12.8 Å². The van der Waals surface area contributed by atoms with Gasteiger partial charge in [0, 0.05) is 26.0 Å². The summed E-state index contributed by atoms with van der Waals surface area (Å²) >= 11 is 0. The van der Waals surface area contributed by atoms with E-state index in [1.807, 2.05) is 0 Å². The number of aromatic nitrogens is 1. The van der Waals surface area contributed by atoms with E-state index in [9.17, 15) is 8.42 Å². The van der Waals surface area contributed by atoms with Gasteiger partial charge in [0.15, 0.2) is 0 Å². The smallest absolute Gasteiger partial charge is 0.242 e. The largest absolute Gasteiger partial charge is 0.383 e. The maximum absolute atomic E-state index is 12.1. The maximum Gasteiger partial charge on any atom is 0.242 e. The molecule has 0 radical (unpaired) electrons. The molecule has 0 bridgehead atoms. The topological polar surface area (TPSA) is 80.3 Å². The molecular formula is C12H20ClN3O3S. The average molecular weight is 322 g/mol. The Morgan fingerprint density at radius 1 is 1.55 bits per heavy atom. The van der Waals surface area contributed by atoms with E-state index < -0.39 is 10.0 Å². The van der Waals surface area contributed by atoms with Gasteiger partial charge in [-0.1, -0.05) is 0 Å². The number of nitrogens with one attached hydrogen (secondary N) is 2. The highest BCUT2D eigenvalue weighted by Gasteiger charge is 2.34. The standard InChI is InChI=1S/C12H19N3O3S.ClH/c1-18-10-12(5-3-7-14-12)9-15-19(16,17)11-4-2-6-13-8-11;/h2,4,6,8,14-15H,3,5,7,9-10H2,1H3;1H. The maximum atomic E-state index is 12.1. The van der Waals surface area contributed by atoms with E-state index in [0.717, 1.165) is 19.4 Å². The fourth-order valence-corrected chi connectivity index (χ4v) is 3.38. The first-order chi connectivity index (χ1) is 9.08. The van der Waals surface area contributed by atoms with Gasteiger partial charge in [0.25, 0.3) is 0 Å². The number of nitrogens with zero attached hydrogens (tertiary/aromatic N) is 1. The molecule has 2 heterocycles. The van der Waals surface area contributed by atoms with Crippen LogP contribution in [0.4, 0.5) is 0 Å². The molecule has 2 N–H and O–H groups in total. The predicted molar refractivity (Wildman–Crippen MR) is 78.5 cm³/mol. The fourth-order valence-electron chi connectivity index (χ4n) is 2.29. The van der Waals surface area contributed by atoms with Crippen molar-refractivity contribution in [3.63, 3.8) is 0 Å². The van der Waals surface area contributed by atoms with Gasteiger partial charge in [-0.05, 0) is 31.5 Å². The van der Waals surface area contributed by atoms with Gasteiger partial charge in [-0.2, -0.15) is 0 Å². The molecular weight excluding hydrogens is 302 g/mol. The van der Waals surface area contributed by atoms with Crippen LogP contribution in [-0.2, 0) is 14.8 Å². The van der Waals surface area contributed by atoms with Crippen LogP contribution in [0.2, 0.25) is 0 Å². The summed E-state index contributed by atoms with van der Waals surface area (Å²) in [5.41, 5.74) is -0.302. The molecule has 1 unspecified atom stereocenters. The molecule has 0 aliphatic carbocycles. The molecule has 2 rings (SSSR count). The minimum absolute atomic E-state index is 0. The van der Waals surface area contributed by atoms with E-state index in [-0.39, 0.29) is 22.8 Å². The molecule has 1 aromatic heterocycles. The fraction of sp³-hybridized carbons (Fsp3) is 0.583. The molecule has 1 saturated heterocycles. The van der Waals surface area contributed by atoms with Crippen molar-refractivity contribution in [2.24, 2.45) is 0 Å². The Bertz CT molecular complexity index is 504. The van der Waals surface area contributed by atoms with E-state index >= 15 is 0 Å². The van der Waals surface area contributed by atoms with Crippen LogP contribution in [-0.4, -0.2) is 45.7 Å². The normalized spacial score (nSPS) is 22.4. The van der Waals surface area contributed by atoms with Crippen molar-refractivity contribution >= 4 is 22.4 Å². The Morgan fingerprint density at radius 2 is 2.35 bits per heavy atom. The number of hydrogen-bond donors (Lipinski definition) is 2. The Labute approximate surface area is 125 Å². The number of halogens is 1. The Morgan fingerprint density at radius 3 is 2.90 bits per heavy atom. The van der Waals surface area contributed by atoms with Crippen LogP contribution in [0.15, 0.2) is 29.4 Å². The lowest BCUT2D eigenvalue weighted by molar-refractivity contribution is 0.122. The SMILES string of the molecule is COCC1(CNS(=O)(=O)c2cccnc2)CCCN1.Cl. The van der Waals surface area contributed by atoms with Crippen molar-refractivity contribution in [3.8, 4) is 0 Å². The zero-order chi connectivity index (χ0) is 13.8. The van der Waals surface area contributed by atoms with Crippen LogP contribution in [0.5, 0.6) is 0 Å². The number of sulfonamides is 1. The lowest BCUT2D eigenvalue weighted by atomic mass is 9.99. The lowest BCUT2D eigenvalue weighted by Crippen LogP contribution is -2.52. The van der Waals surface area contributed by atoms with Crippen LogP contribution >= 0.6 is 12.4 Å². The molecule has 114 valence electrons. The zero-order valence-corrected chi connectivity index (χ0v) is 13.0. The third-order valence-corrected chi connectivity index (χ3v) is 4.68. The quantitative estimate of drug-likeness (QED) is 0.800. The first kappa shape index (κ1) is 17.3. The highest BCUT2D eigenvalue weighted by molar-refractivity contribution is 7.89. The average Bonchev–Trinajstić information content (AvgIpc) is 2.87. The number of pyridine rings is 1. The Hall–Kier alpha value is -0.730. The minimum Gasteiger partial charge on any atom is -0.383 e. The van der Waals surface area contributed by atoms with Crippen molar-refractivity contribution in [1.29, 1.82) is 0 Å². The zero-order valence-electron chi connectivity index (χ0n) is 11.3. The summed E-state index contributed by atoms with van der Waals surface area (Å²) in [6, 6.07) is 3.13. The van der Waals surface area contributed by atoms with Crippen molar-refractivity contribution < 1.29 is 13.2 Å². The Kier molecular flexibility index (Phi) is 6.35. The van der Waals surface area contributed by atoms with Crippen molar-refractivity contribution in [2.45, 2.75) is 23.3 Å². The van der Waals surface area contributed by atoms with Gasteiger partial charge < -0.3 is 10.1 Å². The van der Waals surface area contributed by atoms with Crippen LogP contribution in [0, 0.1) is 0 Å². The summed E-state index contributed by atoms with van der Waals surface area (Å²) in [6.07, 6.45) is 4.81. The summed E-state index contributed by atoms with van der Waals surface area (Å²) in [5, 5.41) is 3.33. The molecule has 6 nitrogen and oxygen atoms in total. The van der Waals surface area contributed by atoms with Gasteiger partial charge in [0.2, 0.25) is 10.0 Å². The molecule has 1 aliphatic rings. The summed E-state index contributed by atoms with van der Waals surface area (Å²) in [6.45, 7) is 1.69. The molecule has 0 saturated carbocycles. The van der Waals surface area contributed by atoms with Gasteiger partial charge in [-0.3, -0.25) is 4.98 Å². The van der Waals surface area contributed by atoms with Gasteiger partial charge >= 0.3 is 0 Å². The van der Waals surface area contributed by atoms with Gasteiger partial charge in [0.05, 0.1) is 12.1 Å². The Balaban J connectivity index is 0.00000200. The molecule has 1 aliphatic heterocycles. The molecule has 1 fully saturated rings. The van der Waals surface area contributed by atoms with Crippen molar-refractivity contribution in [2.75, 3.05) is 26.8 Å². The van der Waals surface area contributed by atoms with E-state index in [0.29, 0.717) is 13.2 Å². The second-order valence-corrected chi connectivity index (χ2v) is 6.52. The van der Waals surface area contributed by atoms with Gasteiger partial charge in [-0.15, -0.1) is 12.4 Å².